The number of methoxy groups -OCH3 is 1. The summed E-state index contributed by atoms with van der Waals surface area (Å²) < 4.78 is 5.38. The van der Waals surface area contributed by atoms with Gasteiger partial charge >= 0.3 is 0 Å². The zero-order chi connectivity index (χ0) is 12.0. The van der Waals surface area contributed by atoms with Crippen molar-refractivity contribution in [3.05, 3.63) is 29.3 Å². The van der Waals surface area contributed by atoms with E-state index < -0.39 is 0 Å². The van der Waals surface area contributed by atoms with Gasteiger partial charge in [0.1, 0.15) is 5.75 Å². The Bertz CT molecular complexity index is 328. The number of hydrogen-bond donors (Lipinski definition) is 1. The topological polar surface area (TPSA) is 21.3 Å². The second-order valence-electron chi connectivity index (χ2n) is 3.91. The van der Waals surface area contributed by atoms with Gasteiger partial charge < -0.3 is 10.1 Å². The highest BCUT2D eigenvalue weighted by atomic mass is 32.2. The Morgan fingerprint density at radius 2 is 2.19 bits per heavy atom. The molecule has 0 radical (unpaired) electrons. The first kappa shape index (κ1) is 13.4. The van der Waals surface area contributed by atoms with Gasteiger partial charge in [-0.3, -0.25) is 0 Å². The van der Waals surface area contributed by atoms with Crippen LogP contribution in [0.2, 0.25) is 0 Å². The number of thioether (sulfide) groups is 1. The van der Waals surface area contributed by atoms with Crippen molar-refractivity contribution < 1.29 is 4.74 Å². The van der Waals surface area contributed by atoms with Gasteiger partial charge in [-0.25, -0.2) is 0 Å². The monoisotopic (exact) mass is 239 g/mol. The third kappa shape index (κ3) is 3.72. The van der Waals surface area contributed by atoms with Crippen LogP contribution < -0.4 is 10.1 Å². The van der Waals surface area contributed by atoms with Crippen molar-refractivity contribution in [1.29, 1.82) is 0 Å². The Kier molecular flexibility index (Phi) is 5.71. The third-order valence-corrected chi connectivity index (χ3v) is 3.22. The van der Waals surface area contributed by atoms with Gasteiger partial charge in [0.2, 0.25) is 0 Å². The van der Waals surface area contributed by atoms with Gasteiger partial charge in [-0.1, -0.05) is 17.7 Å². The van der Waals surface area contributed by atoms with E-state index in [1.807, 2.05) is 17.8 Å². The highest BCUT2D eigenvalue weighted by Crippen LogP contribution is 2.25. The van der Waals surface area contributed by atoms with E-state index >= 15 is 0 Å². The first-order chi connectivity index (χ1) is 7.69. The van der Waals surface area contributed by atoms with E-state index in [4.69, 9.17) is 4.74 Å². The van der Waals surface area contributed by atoms with E-state index in [0.29, 0.717) is 6.04 Å². The molecule has 1 atom stereocenters. The lowest BCUT2D eigenvalue weighted by Gasteiger charge is -2.17. The van der Waals surface area contributed by atoms with Gasteiger partial charge in [0, 0.05) is 23.9 Å². The van der Waals surface area contributed by atoms with Crippen LogP contribution in [-0.2, 0) is 0 Å². The van der Waals surface area contributed by atoms with Crippen molar-refractivity contribution >= 4 is 11.8 Å². The molecule has 1 rings (SSSR count). The summed E-state index contributed by atoms with van der Waals surface area (Å²) in [5, 5.41) is 3.50. The Hall–Kier alpha value is -0.670. The molecule has 0 aliphatic carbocycles. The summed E-state index contributed by atoms with van der Waals surface area (Å²) in [5.41, 5.74) is 2.51. The number of hydrogen-bond acceptors (Lipinski definition) is 3. The minimum Gasteiger partial charge on any atom is -0.496 e. The lowest BCUT2D eigenvalue weighted by molar-refractivity contribution is 0.402. The normalized spacial score (nSPS) is 12.5. The van der Waals surface area contributed by atoms with Crippen LogP contribution in [0.5, 0.6) is 5.75 Å². The van der Waals surface area contributed by atoms with Crippen molar-refractivity contribution in [2.24, 2.45) is 0 Å². The zero-order valence-corrected chi connectivity index (χ0v) is 11.4. The second-order valence-corrected chi connectivity index (χ2v) is 4.90. The first-order valence-electron chi connectivity index (χ1n) is 5.56. The fourth-order valence-corrected chi connectivity index (χ4v) is 2.00. The minimum atomic E-state index is 0.335. The Morgan fingerprint density at radius 1 is 1.44 bits per heavy atom. The maximum Gasteiger partial charge on any atom is 0.123 e. The predicted molar refractivity (Wildman–Crippen MR) is 72.5 cm³/mol. The fourth-order valence-electron chi connectivity index (χ4n) is 1.68. The highest BCUT2D eigenvalue weighted by molar-refractivity contribution is 7.98. The van der Waals surface area contributed by atoms with Crippen molar-refractivity contribution in [1.82, 2.24) is 5.32 Å². The van der Waals surface area contributed by atoms with E-state index in [1.165, 1.54) is 11.1 Å². The van der Waals surface area contributed by atoms with Gasteiger partial charge in [-0.2, -0.15) is 11.8 Å². The van der Waals surface area contributed by atoms with Crippen LogP contribution in [-0.4, -0.2) is 25.7 Å². The summed E-state index contributed by atoms with van der Waals surface area (Å²) in [6.45, 7) is 5.31. The number of ether oxygens (including phenoxy) is 1. The summed E-state index contributed by atoms with van der Waals surface area (Å²) in [6.07, 6.45) is 2.12. The SMILES string of the molecule is COc1ccc(C)cc1C(C)NCCSC. The van der Waals surface area contributed by atoms with Crippen LogP contribution in [0.15, 0.2) is 18.2 Å². The maximum absolute atomic E-state index is 5.38. The molecule has 0 aliphatic heterocycles. The van der Waals surface area contributed by atoms with Crippen molar-refractivity contribution in [2.75, 3.05) is 25.7 Å². The van der Waals surface area contributed by atoms with Gasteiger partial charge in [-0.15, -0.1) is 0 Å². The molecule has 0 heterocycles. The summed E-state index contributed by atoms with van der Waals surface area (Å²) in [6, 6.07) is 6.64. The Morgan fingerprint density at radius 3 is 2.81 bits per heavy atom. The standard InChI is InChI=1S/C13H21NOS/c1-10-5-6-13(15-3)12(9-10)11(2)14-7-8-16-4/h5-6,9,11,14H,7-8H2,1-4H3. The summed E-state index contributed by atoms with van der Waals surface area (Å²) in [5.74, 6) is 2.10. The molecule has 0 spiro atoms. The van der Waals surface area contributed by atoms with Crippen LogP contribution in [0.25, 0.3) is 0 Å². The molecule has 0 aromatic heterocycles. The highest BCUT2D eigenvalue weighted by Gasteiger charge is 2.10. The second kappa shape index (κ2) is 6.81. The Labute approximate surface area is 103 Å². The quantitative estimate of drug-likeness (QED) is 0.771. The smallest absolute Gasteiger partial charge is 0.123 e. The van der Waals surface area contributed by atoms with Gasteiger partial charge in [-0.05, 0) is 26.2 Å². The van der Waals surface area contributed by atoms with Crippen LogP contribution >= 0.6 is 11.8 Å². The average Bonchev–Trinajstić information content (AvgIpc) is 2.29. The molecule has 0 amide bonds. The molecule has 1 unspecified atom stereocenters. The molecule has 0 aliphatic rings. The first-order valence-corrected chi connectivity index (χ1v) is 6.95. The molecular formula is C13H21NOS. The van der Waals surface area contributed by atoms with Crippen LogP contribution in [0.3, 0.4) is 0 Å². The fraction of sp³-hybridized carbons (Fsp3) is 0.538. The Balaban J connectivity index is 2.72. The average molecular weight is 239 g/mol. The largest absolute Gasteiger partial charge is 0.496 e. The molecule has 3 heteroatoms. The maximum atomic E-state index is 5.38. The van der Waals surface area contributed by atoms with Gasteiger partial charge in [0.15, 0.2) is 0 Å². The van der Waals surface area contributed by atoms with Crippen LogP contribution in [0, 0.1) is 6.92 Å². The molecule has 0 bridgehead atoms. The molecule has 1 aromatic rings. The molecule has 0 saturated carbocycles. The predicted octanol–water partition coefficient (Wildman–Crippen LogP) is 3.02. The summed E-state index contributed by atoms with van der Waals surface area (Å²) in [4.78, 5) is 0. The van der Waals surface area contributed by atoms with Crippen molar-refractivity contribution in [3.63, 3.8) is 0 Å². The van der Waals surface area contributed by atoms with E-state index in [9.17, 15) is 0 Å². The minimum absolute atomic E-state index is 0.335. The van der Waals surface area contributed by atoms with Crippen LogP contribution in [0.1, 0.15) is 24.1 Å². The van der Waals surface area contributed by atoms with E-state index in [1.54, 1.807) is 7.11 Å². The lowest BCUT2D eigenvalue weighted by Crippen LogP contribution is -2.21. The molecule has 0 saturated heterocycles. The summed E-state index contributed by atoms with van der Waals surface area (Å²) in [7, 11) is 1.72. The molecule has 16 heavy (non-hydrogen) atoms. The van der Waals surface area contributed by atoms with Gasteiger partial charge in [0.25, 0.3) is 0 Å². The number of aryl methyl sites for hydroxylation is 1. The lowest BCUT2D eigenvalue weighted by atomic mass is 10.0. The van der Waals surface area contributed by atoms with Crippen molar-refractivity contribution in [2.45, 2.75) is 19.9 Å². The number of nitrogens with one attached hydrogen (secondary N) is 1. The molecule has 0 fully saturated rings. The van der Waals surface area contributed by atoms with E-state index in [0.717, 1.165) is 18.0 Å². The molecule has 1 N–H and O–H groups in total. The van der Waals surface area contributed by atoms with Gasteiger partial charge in [0.05, 0.1) is 7.11 Å². The number of benzene rings is 1. The molecule has 90 valence electrons. The molecule has 1 aromatic carbocycles. The van der Waals surface area contributed by atoms with Crippen molar-refractivity contribution in [3.8, 4) is 5.75 Å². The third-order valence-electron chi connectivity index (χ3n) is 2.61. The van der Waals surface area contributed by atoms with E-state index in [-0.39, 0.29) is 0 Å². The molecule has 2 nitrogen and oxygen atoms in total. The summed E-state index contributed by atoms with van der Waals surface area (Å²) >= 11 is 1.86. The zero-order valence-electron chi connectivity index (χ0n) is 10.5. The molecular weight excluding hydrogens is 218 g/mol. The van der Waals surface area contributed by atoms with Crippen LogP contribution in [0.4, 0.5) is 0 Å². The van der Waals surface area contributed by atoms with E-state index in [2.05, 4.69) is 37.6 Å². The number of rotatable bonds is 6.